The van der Waals surface area contributed by atoms with Gasteiger partial charge in [0.1, 0.15) is 0 Å². The summed E-state index contributed by atoms with van der Waals surface area (Å²) < 4.78 is 23.8. The number of fused-ring (bicyclic) bond motifs is 1. The van der Waals surface area contributed by atoms with Crippen molar-refractivity contribution in [3.05, 3.63) is 11.2 Å². The second kappa shape index (κ2) is 1.80. The maximum Gasteiger partial charge on any atom is 0.285 e. The first-order valence-electron chi connectivity index (χ1n) is 2.62. The third kappa shape index (κ3) is 0.778. The molecule has 1 aromatic heterocycles. The topological polar surface area (TPSA) is 76.1 Å². The van der Waals surface area contributed by atoms with Crippen LogP contribution in [-0.4, -0.2) is 19.3 Å². The van der Waals surface area contributed by atoms with Crippen LogP contribution in [0.25, 0.3) is 0 Å². The van der Waals surface area contributed by atoms with E-state index in [-0.39, 0.29) is 9.90 Å². The minimum Gasteiger partial charge on any atom is -0.266 e. The minimum absolute atomic E-state index is 0.00926. The SMILES string of the molecule is O=C1NS(=O)(=O)c2scnc21. The Balaban J connectivity index is 2.83. The van der Waals surface area contributed by atoms with Crippen molar-refractivity contribution in [1.29, 1.82) is 0 Å². The van der Waals surface area contributed by atoms with Gasteiger partial charge in [0.15, 0.2) is 9.90 Å². The van der Waals surface area contributed by atoms with E-state index in [1.54, 1.807) is 0 Å². The van der Waals surface area contributed by atoms with E-state index in [9.17, 15) is 13.2 Å². The Kier molecular flexibility index (Phi) is 1.10. The largest absolute Gasteiger partial charge is 0.285 e. The Labute approximate surface area is 66.1 Å². The van der Waals surface area contributed by atoms with Crippen LogP contribution in [0.1, 0.15) is 10.5 Å². The molecule has 0 unspecified atom stereocenters. The highest BCUT2D eigenvalue weighted by atomic mass is 32.2. The monoisotopic (exact) mass is 190 g/mol. The van der Waals surface area contributed by atoms with E-state index in [1.165, 1.54) is 5.51 Å². The first-order chi connectivity index (χ1) is 5.11. The Bertz CT molecular complexity index is 418. The van der Waals surface area contributed by atoms with E-state index in [2.05, 4.69) is 4.98 Å². The number of carbonyl (C=O) groups is 1. The summed E-state index contributed by atoms with van der Waals surface area (Å²) in [6, 6.07) is 0. The standard InChI is InChI=1S/C4H2N2O3S2/c7-3-2-4(10-1-5-2)11(8,9)6-3/h1H,(H,6,7). The summed E-state index contributed by atoms with van der Waals surface area (Å²) in [6.07, 6.45) is 0. The summed E-state index contributed by atoms with van der Waals surface area (Å²) in [5.74, 6) is -0.638. The van der Waals surface area contributed by atoms with Crippen LogP contribution in [0.15, 0.2) is 9.72 Å². The molecule has 0 atom stereocenters. The van der Waals surface area contributed by atoms with Crippen molar-refractivity contribution in [1.82, 2.24) is 9.71 Å². The molecule has 0 radical (unpaired) electrons. The molecule has 0 spiro atoms. The highest BCUT2D eigenvalue weighted by Crippen LogP contribution is 2.24. The highest BCUT2D eigenvalue weighted by molar-refractivity contribution is 7.92. The van der Waals surface area contributed by atoms with Gasteiger partial charge in [-0.1, -0.05) is 0 Å². The van der Waals surface area contributed by atoms with Crippen LogP contribution in [0.3, 0.4) is 0 Å². The van der Waals surface area contributed by atoms with Crippen LogP contribution in [0.2, 0.25) is 0 Å². The van der Waals surface area contributed by atoms with Crippen LogP contribution in [0.5, 0.6) is 0 Å². The molecule has 11 heavy (non-hydrogen) atoms. The molecule has 0 bridgehead atoms. The summed E-state index contributed by atoms with van der Waals surface area (Å²) in [5, 5.41) is 0. The first-order valence-corrected chi connectivity index (χ1v) is 4.98. The normalized spacial score (nSPS) is 19.5. The average Bonchev–Trinajstić information content (AvgIpc) is 2.37. The first kappa shape index (κ1) is 6.74. The third-order valence-corrected chi connectivity index (χ3v) is 3.92. The number of aromatic nitrogens is 1. The van der Waals surface area contributed by atoms with Gasteiger partial charge in [0.05, 0.1) is 5.51 Å². The van der Waals surface area contributed by atoms with Gasteiger partial charge < -0.3 is 0 Å². The number of amides is 1. The molecule has 0 aromatic carbocycles. The second-order valence-electron chi connectivity index (χ2n) is 1.92. The number of nitrogens with zero attached hydrogens (tertiary/aromatic N) is 1. The van der Waals surface area contributed by atoms with Gasteiger partial charge in [0, 0.05) is 0 Å². The molecule has 1 N–H and O–H groups in total. The maximum atomic E-state index is 11.0. The Hall–Kier alpha value is -0.950. The molecule has 1 aliphatic rings. The maximum absolute atomic E-state index is 11.0. The fourth-order valence-corrected chi connectivity index (χ4v) is 2.90. The van der Waals surface area contributed by atoms with Gasteiger partial charge in [0.2, 0.25) is 0 Å². The molecule has 5 nitrogen and oxygen atoms in total. The molecular weight excluding hydrogens is 188 g/mol. The van der Waals surface area contributed by atoms with E-state index in [0.717, 1.165) is 11.3 Å². The van der Waals surface area contributed by atoms with Crippen molar-refractivity contribution in [2.24, 2.45) is 0 Å². The van der Waals surface area contributed by atoms with Gasteiger partial charge in [-0.05, 0) is 0 Å². The Morgan fingerprint density at radius 1 is 1.55 bits per heavy atom. The van der Waals surface area contributed by atoms with Crippen molar-refractivity contribution < 1.29 is 13.2 Å². The van der Waals surface area contributed by atoms with Crippen LogP contribution >= 0.6 is 11.3 Å². The van der Waals surface area contributed by atoms with E-state index in [0.29, 0.717) is 0 Å². The molecule has 2 rings (SSSR count). The molecule has 1 aliphatic heterocycles. The number of nitrogens with one attached hydrogen (secondary N) is 1. The van der Waals surface area contributed by atoms with Crippen molar-refractivity contribution in [3.63, 3.8) is 0 Å². The van der Waals surface area contributed by atoms with Crippen LogP contribution in [0, 0.1) is 0 Å². The number of thiazole rings is 1. The van der Waals surface area contributed by atoms with Gasteiger partial charge in [-0.3, -0.25) is 4.79 Å². The van der Waals surface area contributed by atoms with E-state index >= 15 is 0 Å². The number of rotatable bonds is 0. The van der Waals surface area contributed by atoms with Gasteiger partial charge in [-0.15, -0.1) is 11.3 Å². The molecule has 58 valence electrons. The van der Waals surface area contributed by atoms with Crippen molar-refractivity contribution >= 4 is 27.3 Å². The lowest BCUT2D eigenvalue weighted by Crippen LogP contribution is -2.21. The lowest BCUT2D eigenvalue weighted by molar-refractivity contribution is 0.0981. The van der Waals surface area contributed by atoms with Gasteiger partial charge in [-0.2, -0.15) is 0 Å². The zero-order valence-electron chi connectivity index (χ0n) is 5.07. The summed E-state index contributed by atoms with van der Waals surface area (Å²) in [4.78, 5) is 14.4. The molecule has 1 aromatic rings. The molecule has 0 fully saturated rings. The van der Waals surface area contributed by atoms with Crippen LogP contribution < -0.4 is 4.72 Å². The predicted octanol–water partition coefficient (Wildman–Crippen LogP) is -0.425. The molecule has 0 aliphatic carbocycles. The van der Waals surface area contributed by atoms with Crippen LogP contribution in [0.4, 0.5) is 0 Å². The number of hydrogen-bond donors (Lipinski definition) is 1. The summed E-state index contributed by atoms with van der Waals surface area (Å²) in [7, 11) is -3.55. The minimum atomic E-state index is -3.55. The molecule has 0 saturated heterocycles. The van der Waals surface area contributed by atoms with Crippen LogP contribution in [-0.2, 0) is 10.0 Å². The third-order valence-electron chi connectivity index (χ3n) is 1.22. The zero-order valence-corrected chi connectivity index (χ0v) is 6.70. The number of sulfonamides is 1. The lowest BCUT2D eigenvalue weighted by atomic mass is 10.5. The quantitative estimate of drug-likeness (QED) is 0.602. The van der Waals surface area contributed by atoms with Gasteiger partial charge in [-0.25, -0.2) is 18.1 Å². The zero-order chi connectivity index (χ0) is 8.06. The molecule has 7 heteroatoms. The summed E-state index contributed by atoms with van der Waals surface area (Å²) >= 11 is 0.940. The Morgan fingerprint density at radius 2 is 2.27 bits per heavy atom. The van der Waals surface area contributed by atoms with Crippen molar-refractivity contribution in [2.75, 3.05) is 0 Å². The summed E-state index contributed by atoms with van der Waals surface area (Å²) in [5.41, 5.74) is 1.34. The molecule has 2 heterocycles. The molecule has 1 amide bonds. The predicted molar refractivity (Wildman–Crippen MR) is 36.8 cm³/mol. The van der Waals surface area contributed by atoms with E-state index in [4.69, 9.17) is 0 Å². The summed E-state index contributed by atoms with van der Waals surface area (Å²) in [6.45, 7) is 0. The average molecular weight is 190 g/mol. The fraction of sp³-hybridized carbons (Fsp3) is 0. The second-order valence-corrected chi connectivity index (χ2v) is 4.66. The Morgan fingerprint density at radius 3 is 2.91 bits per heavy atom. The smallest absolute Gasteiger partial charge is 0.266 e. The fourth-order valence-electron chi connectivity index (χ4n) is 0.794. The molecular formula is C4H2N2O3S2. The lowest BCUT2D eigenvalue weighted by Gasteiger charge is -1.88. The van der Waals surface area contributed by atoms with Gasteiger partial charge >= 0.3 is 0 Å². The van der Waals surface area contributed by atoms with Crippen molar-refractivity contribution in [3.8, 4) is 0 Å². The van der Waals surface area contributed by atoms with Crippen molar-refractivity contribution in [2.45, 2.75) is 4.21 Å². The van der Waals surface area contributed by atoms with E-state index < -0.39 is 15.9 Å². The number of carbonyl (C=O) groups excluding carboxylic acids is 1. The highest BCUT2D eigenvalue weighted by Gasteiger charge is 2.35. The van der Waals surface area contributed by atoms with E-state index in [1.807, 2.05) is 4.72 Å². The van der Waals surface area contributed by atoms with Gasteiger partial charge in [0.25, 0.3) is 15.9 Å². The number of hydrogen-bond acceptors (Lipinski definition) is 5. The molecule has 0 saturated carbocycles.